The zero-order chi connectivity index (χ0) is 13.2. The normalized spacial score (nSPS) is 22.2. The molecule has 0 aromatic heterocycles. The van der Waals surface area contributed by atoms with Gasteiger partial charge in [-0.3, -0.25) is 0 Å². The lowest BCUT2D eigenvalue weighted by atomic mass is 10.2. The Bertz CT molecular complexity index is 246. The zero-order valence-electron chi connectivity index (χ0n) is 12.5. The van der Waals surface area contributed by atoms with Crippen molar-refractivity contribution < 1.29 is 4.43 Å². The Balaban J connectivity index is 2.93. The second kappa shape index (κ2) is 5.70. The zero-order valence-corrected chi connectivity index (χ0v) is 13.5. The Morgan fingerprint density at radius 2 is 1.53 bits per heavy atom. The van der Waals surface area contributed by atoms with Gasteiger partial charge in [-0.15, -0.1) is 0 Å². The van der Waals surface area contributed by atoms with Crippen LogP contribution in [0, 0.1) is 0 Å². The van der Waals surface area contributed by atoms with E-state index in [1.165, 1.54) is 24.8 Å². The maximum Gasteiger partial charge on any atom is 0.201 e. The molecular formula is C15H30OSi. The van der Waals surface area contributed by atoms with Crippen LogP contribution < -0.4 is 0 Å². The maximum atomic E-state index is 6.73. The summed E-state index contributed by atoms with van der Waals surface area (Å²) in [5, 5.41) is 0. The van der Waals surface area contributed by atoms with Gasteiger partial charge in [0.1, 0.15) is 0 Å². The summed E-state index contributed by atoms with van der Waals surface area (Å²) in [5.41, 5.74) is 3.37. The summed E-state index contributed by atoms with van der Waals surface area (Å²) >= 11 is 0. The average Bonchev–Trinajstić information content (AvgIpc) is 2.58. The third-order valence-electron chi connectivity index (χ3n) is 4.47. The van der Waals surface area contributed by atoms with Crippen LogP contribution in [0.3, 0.4) is 0 Å². The molecule has 0 radical (unpaired) electrons. The molecule has 0 heterocycles. The molecule has 1 saturated carbocycles. The van der Waals surface area contributed by atoms with Crippen LogP contribution in [0.15, 0.2) is 12.2 Å². The highest BCUT2D eigenvalue weighted by Crippen LogP contribution is 2.45. The molecule has 0 bridgehead atoms. The van der Waals surface area contributed by atoms with E-state index in [-0.39, 0.29) is 0 Å². The van der Waals surface area contributed by atoms with Crippen LogP contribution in [0.25, 0.3) is 0 Å². The highest BCUT2D eigenvalue weighted by atomic mass is 28.4. The fourth-order valence-corrected chi connectivity index (χ4v) is 9.27. The van der Waals surface area contributed by atoms with E-state index in [9.17, 15) is 0 Å². The number of hydrogen-bond acceptors (Lipinski definition) is 1. The molecule has 1 rings (SSSR count). The molecule has 1 aliphatic rings. The van der Waals surface area contributed by atoms with E-state index >= 15 is 0 Å². The SMILES string of the molecule is C=C1CCCC1O[Si](C(C)C)(C(C)C)C(C)C. The van der Waals surface area contributed by atoms with E-state index in [0.29, 0.717) is 22.7 Å². The largest absolute Gasteiger partial charge is 0.409 e. The van der Waals surface area contributed by atoms with Crippen LogP contribution in [0.2, 0.25) is 16.6 Å². The molecule has 1 unspecified atom stereocenters. The molecule has 0 spiro atoms. The first-order valence-corrected chi connectivity index (χ1v) is 9.31. The molecule has 1 fully saturated rings. The lowest BCUT2D eigenvalue weighted by Gasteiger charge is -2.44. The Morgan fingerprint density at radius 1 is 1.06 bits per heavy atom. The third-order valence-corrected chi connectivity index (χ3v) is 10.6. The minimum absolute atomic E-state index is 0.355. The average molecular weight is 254 g/mol. The van der Waals surface area contributed by atoms with E-state index in [2.05, 4.69) is 48.1 Å². The van der Waals surface area contributed by atoms with Gasteiger partial charge in [0, 0.05) is 0 Å². The maximum absolute atomic E-state index is 6.73. The Hall–Kier alpha value is -0.0831. The first-order chi connectivity index (χ1) is 7.82. The summed E-state index contributed by atoms with van der Waals surface area (Å²) in [6.07, 6.45) is 3.99. The summed E-state index contributed by atoms with van der Waals surface area (Å²) < 4.78 is 6.73. The summed E-state index contributed by atoms with van der Waals surface area (Å²) in [6.45, 7) is 18.3. The molecule has 1 nitrogen and oxygen atoms in total. The Morgan fingerprint density at radius 3 is 1.82 bits per heavy atom. The summed E-state index contributed by atoms with van der Waals surface area (Å²) in [7, 11) is -1.70. The van der Waals surface area contributed by atoms with Crippen LogP contribution >= 0.6 is 0 Å². The van der Waals surface area contributed by atoms with E-state index in [1.807, 2.05) is 0 Å². The summed E-state index contributed by atoms with van der Waals surface area (Å²) in [5.74, 6) is 0. The summed E-state index contributed by atoms with van der Waals surface area (Å²) in [6, 6.07) is 0. The van der Waals surface area contributed by atoms with Crippen molar-refractivity contribution >= 4 is 8.32 Å². The lowest BCUT2D eigenvalue weighted by molar-refractivity contribution is 0.211. The molecule has 0 aromatic carbocycles. The van der Waals surface area contributed by atoms with Gasteiger partial charge in [-0.2, -0.15) is 0 Å². The molecule has 0 aliphatic heterocycles. The van der Waals surface area contributed by atoms with Crippen LogP contribution in [-0.2, 0) is 4.43 Å². The molecule has 0 aromatic rings. The van der Waals surface area contributed by atoms with Crippen molar-refractivity contribution in [3.8, 4) is 0 Å². The van der Waals surface area contributed by atoms with Crippen LogP contribution in [0.4, 0.5) is 0 Å². The lowest BCUT2D eigenvalue weighted by Crippen LogP contribution is -2.50. The molecule has 2 heteroatoms. The van der Waals surface area contributed by atoms with E-state index in [1.54, 1.807) is 0 Å². The predicted octanol–water partition coefficient (Wildman–Crippen LogP) is 5.29. The van der Waals surface area contributed by atoms with Crippen molar-refractivity contribution in [3.05, 3.63) is 12.2 Å². The second-order valence-corrected chi connectivity index (χ2v) is 11.9. The van der Waals surface area contributed by atoms with Crippen molar-refractivity contribution in [3.63, 3.8) is 0 Å². The van der Waals surface area contributed by atoms with Gasteiger partial charge in [0.05, 0.1) is 6.10 Å². The molecule has 0 N–H and O–H groups in total. The number of hydrogen-bond donors (Lipinski definition) is 0. The Labute approximate surface area is 109 Å². The molecule has 1 aliphatic carbocycles. The van der Waals surface area contributed by atoms with Crippen molar-refractivity contribution in [1.82, 2.24) is 0 Å². The van der Waals surface area contributed by atoms with Gasteiger partial charge in [0.25, 0.3) is 0 Å². The van der Waals surface area contributed by atoms with E-state index in [0.717, 1.165) is 0 Å². The van der Waals surface area contributed by atoms with Crippen LogP contribution in [0.5, 0.6) is 0 Å². The van der Waals surface area contributed by atoms with Gasteiger partial charge in [0.15, 0.2) is 0 Å². The molecule has 100 valence electrons. The van der Waals surface area contributed by atoms with Gasteiger partial charge in [-0.05, 0) is 35.9 Å². The highest BCUT2D eigenvalue weighted by Gasteiger charge is 2.47. The fraction of sp³-hybridized carbons (Fsp3) is 0.867. The van der Waals surface area contributed by atoms with Crippen molar-refractivity contribution in [2.45, 2.75) is 83.5 Å². The molecule has 0 amide bonds. The minimum atomic E-state index is -1.70. The van der Waals surface area contributed by atoms with Gasteiger partial charge in [0.2, 0.25) is 8.32 Å². The third kappa shape index (κ3) is 2.85. The monoisotopic (exact) mass is 254 g/mol. The second-order valence-electron chi connectivity index (χ2n) is 6.47. The number of rotatable bonds is 5. The molecule has 1 atom stereocenters. The van der Waals surface area contributed by atoms with Gasteiger partial charge in [-0.1, -0.05) is 53.7 Å². The van der Waals surface area contributed by atoms with E-state index < -0.39 is 8.32 Å². The first-order valence-electron chi connectivity index (χ1n) is 7.17. The molecule has 17 heavy (non-hydrogen) atoms. The molecular weight excluding hydrogens is 224 g/mol. The van der Waals surface area contributed by atoms with Crippen LogP contribution in [-0.4, -0.2) is 14.4 Å². The molecule has 0 saturated heterocycles. The van der Waals surface area contributed by atoms with Gasteiger partial charge >= 0.3 is 0 Å². The van der Waals surface area contributed by atoms with E-state index in [4.69, 9.17) is 4.43 Å². The fourth-order valence-electron chi connectivity index (χ4n) is 3.68. The van der Waals surface area contributed by atoms with Gasteiger partial charge in [-0.25, -0.2) is 0 Å². The van der Waals surface area contributed by atoms with Crippen molar-refractivity contribution in [2.75, 3.05) is 0 Å². The minimum Gasteiger partial charge on any atom is -0.409 e. The Kier molecular flexibility index (Phi) is 5.03. The topological polar surface area (TPSA) is 9.23 Å². The summed E-state index contributed by atoms with van der Waals surface area (Å²) in [4.78, 5) is 0. The predicted molar refractivity (Wildman–Crippen MR) is 78.9 cm³/mol. The van der Waals surface area contributed by atoms with Crippen molar-refractivity contribution in [2.24, 2.45) is 0 Å². The highest BCUT2D eigenvalue weighted by molar-refractivity contribution is 6.77. The van der Waals surface area contributed by atoms with Crippen molar-refractivity contribution in [1.29, 1.82) is 0 Å². The smallest absolute Gasteiger partial charge is 0.201 e. The van der Waals surface area contributed by atoms with Gasteiger partial charge < -0.3 is 4.43 Å². The standard InChI is InChI=1S/C15H30OSi/c1-11(2)17(12(3)4,13(5)6)16-15-10-8-9-14(15)7/h11-13,15H,7-10H2,1-6H3. The quantitative estimate of drug-likeness (QED) is 0.478. The van der Waals surface area contributed by atoms with Crippen LogP contribution in [0.1, 0.15) is 60.8 Å². The first kappa shape index (κ1) is 15.0.